The Hall–Kier alpha value is -1.22. The number of halogens is 1. The standard InChI is InChI=1S/C11H13ClO3/c1-2-7-14-10-5-3-9(4-6-10)11(13)15-8-12/h3-6H,2,7-8H2,1H3. The molecule has 4 heteroatoms. The zero-order chi connectivity index (χ0) is 11.1. The Kier molecular flexibility index (Phi) is 4.98. The molecule has 0 bridgehead atoms. The van der Waals surface area contributed by atoms with Crippen LogP contribution < -0.4 is 4.74 Å². The SMILES string of the molecule is CCCOc1ccc(C(=O)OCCl)cc1. The maximum Gasteiger partial charge on any atom is 0.339 e. The Balaban J connectivity index is 2.59. The molecule has 0 atom stereocenters. The van der Waals surface area contributed by atoms with Gasteiger partial charge in [0.2, 0.25) is 0 Å². The number of carbonyl (C=O) groups is 1. The molecule has 82 valence electrons. The molecule has 0 unspecified atom stereocenters. The first-order valence-corrected chi connectivity index (χ1v) is 5.27. The molecule has 0 heterocycles. The molecule has 0 fully saturated rings. The van der Waals surface area contributed by atoms with E-state index in [2.05, 4.69) is 4.74 Å². The highest BCUT2D eigenvalue weighted by molar-refractivity contribution is 6.17. The van der Waals surface area contributed by atoms with Crippen molar-refractivity contribution >= 4 is 17.6 Å². The number of hydrogen-bond donors (Lipinski definition) is 0. The lowest BCUT2D eigenvalue weighted by Gasteiger charge is -2.05. The van der Waals surface area contributed by atoms with Gasteiger partial charge in [0, 0.05) is 0 Å². The minimum absolute atomic E-state index is 0.132. The number of ether oxygens (including phenoxy) is 2. The third-order valence-electron chi connectivity index (χ3n) is 1.75. The zero-order valence-corrected chi connectivity index (χ0v) is 9.29. The Morgan fingerprint density at radius 3 is 2.53 bits per heavy atom. The Morgan fingerprint density at radius 2 is 2.00 bits per heavy atom. The van der Waals surface area contributed by atoms with E-state index >= 15 is 0 Å². The first kappa shape index (κ1) is 11.9. The van der Waals surface area contributed by atoms with Crippen LogP contribution in [0.4, 0.5) is 0 Å². The molecule has 1 rings (SSSR count). The van der Waals surface area contributed by atoms with Crippen LogP contribution in [0.15, 0.2) is 24.3 Å². The minimum Gasteiger partial charge on any atom is -0.494 e. The van der Waals surface area contributed by atoms with E-state index in [4.69, 9.17) is 16.3 Å². The smallest absolute Gasteiger partial charge is 0.339 e. The van der Waals surface area contributed by atoms with Gasteiger partial charge < -0.3 is 9.47 Å². The Morgan fingerprint density at radius 1 is 1.33 bits per heavy atom. The molecule has 1 aromatic carbocycles. The fourth-order valence-corrected chi connectivity index (χ4v) is 1.14. The van der Waals surface area contributed by atoms with Gasteiger partial charge in [-0.3, -0.25) is 0 Å². The summed E-state index contributed by atoms with van der Waals surface area (Å²) < 4.78 is 10.0. The van der Waals surface area contributed by atoms with E-state index in [0.29, 0.717) is 12.2 Å². The maximum atomic E-state index is 11.2. The Labute approximate surface area is 93.9 Å². The quantitative estimate of drug-likeness (QED) is 0.574. The second-order valence-corrected chi connectivity index (χ2v) is 3.13. The summed E-state index contributed by atoms with van der Waals surface area (Å²) in [4.78, 5) is 11.2. The lowest BCUT2D eigenvalue weighted by Crippen LogP contribution is -2.03. The van der Waals surface area contributed by atoms with E-state index in [1.165, 1.54) is 0 Å². The van der Waals surface area contributed by atoms with Crippen LogP contribution in [0.1, 0.15) is 23.7 Å². The first-order valence-electron chi connectivity index (χ1n) is 4.74. The highest BCUT2D eigenvalue weighted by Gasteiger charge is 2.05. The van der Waals surface area contributed by atoms with Gasteiger partial charge in [-0.2, -0.15) is 0 Å². The molecule has 0 N–H and O–H groups in total. The summed E-state index contributed by atoms with van der Waals surface area (Å²) in [6, 6.07) is 6.65. The normalized spacial score (nSPS) is 9.73. The number of hydrogen-bond acceptors (Lipinski definition) is 3. The van der Waals surface area contributed by atoms with Gasteiger partial charge in [-0.15, -0.1) is 0 Å². The van der Waals surface area contributed by atoms with Crippen molar-refractivity contribution in [2.75, 3.05) is 12.7 Å². The largest absolute Gasteiger partial charge is 0.494 e. The lowest BCUT2D eigenvalue weighted by molar-refractivity contribution is 0.0574. The molecule has 0 aromatic heterocycles. The number of alkyl halides is 1. The molecule has 0 saturated heterocycles. The summed E-state index contributed by atoms with van der Waals surface area (Å²) in [5.41, 5.74) is 0.472. The van der Waals surface area contributed by atoms with Gasteiger partial charge in [0.15, 0.2) is 6.07 Å². The molecule has 0 spiro atoms. The lowest BCUT2D eigenvalue weighted by atomic mass is 10.2. The van der Waals surface area contributed by atoms with Gasteiger partial charge in [-0.1, -0.05) is 18.5 Å². The Bertz CT molecular complexity index is 308. The van der Waals surface area contributed by atoms with Crippen molar-refractivity contribution < 1.29 is 14.3 Å². The molecular weight excluding hydrogens is 216 g/mol. The first-order chi connectivity index (χ1) is 7.27. The van der Waals surface area contributed by atoms with Crippen LogP contribution in [0.3, 0.4) is 0 Å². The van der Waals surface area contributed by atoms with E-state index in [1.807, 2.05) is 6.92 Å². The fraction of sp³-hybridized carbons (Fsp3) is 0.364. The minimum atomic E-state index is -0.424. The van der Waals surface area contributed by atoms with Crippen molar-refractivity contribution in [2.45, 2.75) is 13.3 Å². The zero-order valence-electron chi connectivity index (χ0n) is 8.53. The summed E-state index contributed by atoms with van der Waals surface area (Å²) in [6.07, 6.45) is 0.954. The molecule has 0 aliphatic carbocycles. The van der Waals surface area contributed by atoms with Crippen molar-refractivity contribution in [3.8, 4) is 5.75 Å². The average molecular weight is 229 g/mol. The number of carbonyl (C=O) groups excluding carboxylic acids is 1. The van der Waals surface area contributed by atoms with E-state index in [0.717, 1.165) is 12.2 Å². The topological polar surface area (TPSA) is 35.5 Å². The van der Waals surface area contributed by atoms with Crippen LogP contribution in [0.5, 0.6) is 5.75 Å². The summed E-state index contributed by atoms with van der Waals surface area (Å²) >= 11 is 5.28. The van der Waals surface area contributed by atoms with Gasteiger partial charge in [0.25, 0.3) is 0 Å². The predicted molar refractivity (Wildman–Crippen MR) is 58.4 cm³/mol. The predicted octanol–water partition coefficient (Wildman–Crippen LogP) is 2.83. The third-order valence-corrected chi connectivity index (χ3v) is 1.86. The molecule has 3 nitrogen and oxygen atoms in total. The third kappa shape index (κ3) is 3.80. The van der Waals surface area contributed by atoms with Crippen molar-refractivity contribution in [2.24, 2.45) is 0 Å². The molecule has 0 radical (unpaired) electrons. The molecule has 0 amide bonds. The summed E-state index contributed by atoms with van der Waals surface area (Å²) in [5.74, 6) is 0.325. The van der Waals surface area contributed by atoms with Gasteiger partial charge >= 0.3 is 5.97 Å². The number of esters is 1. The van der Waals surface area contributed by atoms with E-state index in [1.54, 1.807) is 24.3 Å². The molecule has 0 saturated carbocycles. The average Bonchev–Trinajstić information content (AvgIpc) is 2.27. The van der Waals surface area contributed by atoms with Crippen molar-refractivity contribution in [1.29, 1.82) is 0 Å². The second kappa shape index (κ2) is 6.30. The van der Waals surface area contributed by atoms with Crippen molar-refractivity contribution in [1.82, 2.24) is 0 Å². The van der Waals surface area contributed by atoms with Crippen LogP contribution in [-0.4, -0.2) is 18.6 Å². The van der Waals surface area contributed by atoms with Crippen LogP contribution in [0.25, 0.3) is 0 Å². The van der Waals surface area contributed by atoms with Gasteiger partial charge in [0.1, 0.15) is 5.75 Å². The van der Waals surface area contributed by atoms with Crippen LogP contribution in [0.2, 0.25) is 0 Å². The van der Waals surface area contributed by atoms with Crippen molar-refractivity contribution in [3.05, 3.63) is 29.8 Å². The van der Waals surface area contributed by atoms with Crippen LogP contribution in [0, 0.1) is 0 Å². The van der Waals surface area contributed by atoms with Gasteiger partial charge in [-0.05, 0) is 30.7 Å². The summed E-state index contributed by atoms with van der Waals surface area (Å²) in [7, 11) is 0. The molecular formula is C11H13ClO3. The van der Waals surface area contributed by atoms with E-state index in [9.17, 15) is 4.79 Å². The number of rotatable bonds is 5. The molecule has 15 heavy (non-hydrogen) atoms. The van der Waals surface area contributed by atoms with Gasteiger partial charge in [0.05, 0.1) is 12.2 Å². The van der Waals surface area contributed by atoms with Crippen molar-refractivity contribution in [3.63, 3.8) is 0 Å². The summed E-state index contributed by atoms with van der Waals surface area (Å²) in [6.45, 7) is 2.71. The van der Waals surface area contributed by atoms with E-state index in [-0.39, 0.29) is 6.07 Å². The highest BCUT2D eigenvalue weighted by Crippen LogP contribution is 2.13. The van der Waals surface area contributed by atoms with Crippen LogP contribution in [-0.2, 0) is 4.74 Å². The monoisotopic (exact) mass is 228 g/mol. The van der Waals surface area contributed by atoms with Gasteiger partial charge in [-0.25, -0.2) is 4.79 Å². The number of benzene rings is 1. The molecule has 0 aliphatic rings. The highest BCUT2D eigenvalue weighted by atomic mass is 35.5. The second-order valence-electron chi connectivity index (χ2n) is 2.91. The van der Waals surface area contributed by atoms with Crippen LogP contribution >= 0.6 is 11.6 Å². The van der Waals surface area contributed by atoms with E-state index < -0.39 is 5.97 Å². The summed E-state index contributed by atoms with van der Waals surface area (Å²) in [5, 5.41) is 0. The molecule has 1 aromatic rings. The fourth-order valence-electron chi connectivity index (χ4n) is 1.04. The molecule has 0 aliphatic heterocycles. The maximum absolute atomic E-state index is 11.2.